The monoisotopic (exact) mass is 367 g/mol. The highest BCUT2D eigenvalue weighted by atomic mass is 16.2. The summed E-state index contributed by atoms with van der Waals surface area (Å²) in [5.41, 5.74) is 5.08. The molecule has 136 valence electrons. The average Bonchev–Trinajstić information content (AvgIpc) is 3.08. The van der Waals surface area contributed by atoms with E-state index in [1.54, 1.807) is 18.6 Å². The number of rotatable bonds is 4. The molecule has 0 bridgehead atoms. The molecule has 6 nitrogen and oxygen atoms in total. The minimum absolute atomic E-state index is 0.00254. The van der Waals surface area contributed by atoms with E-state index >= 15 is 0 Å². The molecule has 0 saturated heterocycles. The first-order valence-corrected chi connectivity index (χ1v) is 9.17. The lowest BCUT2D eigenvalue weighted by molar-refractivity contribution is 0.0780. The number of amides is 1. The Morgan fingerprint density at radius 2 is 1.86 bits per heavy atom. The maximum Gasteiger partial charge on any atom is 0.256 e. The van der Waals surface area contributed by atoms with Crippen LogP contribution in [0.2, 0.25) is 0 Å². The second kappa shape index (κ2) is 6.81. The van der Waals surface area contributed by atoms with Gasteiger partial charge in [-0.05, 0) is 18.2 Å². The van der Waals surface area contributed by atoms with Crippen molar-refractivity contribution in [1.29, 1.82) is 0 Å². The van der Waals surface area contributed by atoms with Crippen LogP contribution in [0.25, 0.3) is 22.0 Å². The summed E-state index contributed by atoms with van der Waals surface area (Å²) in [4.78, 5) is 32.1. The Balaban J connectivity index is 1.38. The molecule has 1 aliphatic heterocycles. The van der Waals surface area contributed by atoms with Crippen LogP contribution >= 0.6 is 0 Å². The van der Waals surface area contributed by atoms with Crippen LogP contribution in [0.3, 0.4) is 0 Å². The molecule has 0 aliphatic carbocycles. The van der Waals surface area contributed by atoms with Gasteiger partial charge in [-0.1, -0.05) is 24.3 Å². The van der Waals surface area contributed by atoms with Crippen molar-refractivity contribution in [1.82, 2.24) is 24.8 Å². The Labute approximate surface area is 161 Å². The fourth-order valence-electron chi connectivity index (χ4n) is 3.63. The molecular weight excluding hydrogens is 350 g/mol. The summed E-state index contributed by atoms with van der Waals surface area (Å²) in [6, 6.07) is 14.0. The minimum atomic E-state index is 0.00254. The van der Waals surface area contributed by atoms with Crippen molar-refractivity contribution < 1.29 is 4.79 Å². The number of carbonyl (C=O) groups excluding carboxylic acids is 1. The zero-order valence-corrected chi connectivity index (χ0v) is 15.1. The third kappa shape index (κ3) is 2.89. The number of benzene rings is 1. The fraction of sp³-hybridized carbons (Fsp3) is 0.136. The number of hydrogen-bond donors (Lipinski definition) is 0. The molecule has 0 unspecified atom stereocenters. The Hall–Kier alpha value is -3.67. The number of pyridine rings is 2. The smallest absolute Gasteiger partial charge is 0.256 e. The molecule has 1 amide bonds. The van der Waals surface area contributed by atoms with Crippen LogP contribution in [0.4, 0.5) is 0 Å². The Morgan fingerprint density at radius 1 is 1.00 bits per heavy atom. The summed E-state index contributed by atoms with van der Waals surface area (Å²) in [6.07, 6.45) is 7.36. The zero-order valence-electron chi connectivity index (χ0n) is 15.1. The summed E-state index contributed by atoms with van der Waals surface area (Å²) in [5.74, 6) is 0.00254. The van der Waals surface area contributed by atoms with Crippen LogP contribution in [0.5, 0.6) is 0 Å². The van der Waals surface area contributed by atoms with Gasteiger partial charge >= 0.3 is 0 Å². The van der Waals surface area contributed by atoms with E-state index in [1.165, 1.54) is 6.33 Å². The molecule has 1 aromatic carbocycles. The van der Waals surface area contributed by atoms with Crippen LogP contribution in [0, 0.1) is 0 Å². The topological polar surface area (TPSA) is 71.9 Å². The Bertz CT molecular complexity index is 1180. The van der Waals surface area contributed by atoms with Gasteiger partial charge in [-0.15, -0.1) is 0 Å². The van der Waals surface area contributed by atoms with Gasteiger partial charge in [0.05, 0.1) is 23.3 Å². The molecule has 28 heavy (non-hydrogen) atoms. The Kier molecular flexibility index (Phi) is 4.01. The van der Waals surface area contributed by atoms with E-state index in [-0.39, 0.29) is 5.91 Å². The molecule has 0 saturated carbocycles. The average molecular weight is 367 g/mol. The number of nitrogens with zero attached hydrogens (tertiary/aromatic N) is 5. The summed E-state index contributed by atoms with van der Waals surface area (Å²) in [6.45, 7) is 1.12. The minimum Gasteiger partial charge on any atom is -0.332 e. The molecule has 0 fully saturated rings. The van der Waals surface area contributed by atoms with Gasteiger partial charge in [0, 0.05) is 53.8 Å². The van der Waals surface area contributed by atoms with Gasteiger partial charge in [0.2, 0.25) is 0 Å². The lowest BCUT2D eigenvalue weighted by Crippen LogP contribution is -2.26. The first-order chi connectivity index (χ1) is 13.8. The summed E-state index contributed by atoms with van der Waals surface area (Å²) < 4.78 is 0. The first kappa shape index (κ1) is 16.5. The quantitative estimate of drug-likeness (QED) is 0.553. The normalized spacial score (nSPS) is 13.1. The van der Waals surface area contributed by atoms with E-state index in [0.717, 1.165) is 33.4 Å². The van der Waals surface area contributed by atoms with E-state index in [0.29, 0.717) is 25.1 Å². The first-order valence-electron chi connectivity index (χ1n) is 9.17. The van der Waals surface area contributed by atoms with E-state index in [1.807, 2.05) is 41.3 Å². The van der Waals surface area contributed by atoms with Crippen LogP contribution in [-0.4, -0.2) is 37.3 Å². The second-order valence-electron chi connectivity index (χ2n) is 6.78. The third-order valence-electron chi connectivity index (χ3n) is 5.04. The van der Waals surface area contributed by atoms with E-state index in [4.69, 9.17) is 4.98 Å². The van der Waals surface area contributed by atoms with Crippen molar-refractivity contribution in [3.05, 3.63) is 84.3 Å². The molecule has 4 heterocycles. The fourth-order valence-corrected chi connectivity index (χ4v) is 3.63. The van der Waals surface area contributed by atoms with E-state index < -0.39 is 0 Å². The van der Waals surface area contributed by atoms with Gasteiger partial charge in [0.1, 0.15) is 6.33 Å². The van der Waals surface area contributed by atoms with Gasteiger partial charge in [-0.2, -0.15) is 0 Å². The van der Waals surface area contributed by atoms with Crippen molar-refractivity contribution >= 4 is 16.8 Å². The summed E-state index contributed by atoms with van der Waals surface area (Å²) >= 11 is 0. The Morgan fingerprint density at radius 3 is 2.75 bits per heavy atom. The van der Waals surface area contributed by atoms with Crippen molar-refractivity contribution in [3.8, 4) is 11.1 Å². The van der Waals surface area contributed by atoms with Crippen molar-refractivity contribution in [3.63, 3.8) is 0 Å². The highest BCUT2D eigenvalue weighted by molar-refractivity contribution is 6.03. The van der Waals surface area contributed by atoms with Gasteiger partial charge in [-0.3, -0.25) is 14.8 Å². The van der Waals surface area contributed by atoms with Crippen LogP contribution in [-0.2, 0) is 13.0 Å². The van der Waals surface area contributed by atoms with Gasteiger partial charge in [-0.25, -0.2) is 9.97 Å². The lowest BCUT2D eigenvalue weighted by atomic mass is 10.0. The molecule has 0 atom stereocenters. The maximum atomic E-state index is 13.0. The highest BCUT2D eigenvalue weighted by Gasteiger charge is 2.31. The second-order valence-corrected chi connectivity index (χ2v) is 6.78. The lowest BCUT2D eigenvalue weighted by Gasteiger charge is -2.15. The molecular formula is C22H17N5O. The molecule has 4 aromatic rings. The van der Waals surface area contributed by atoms with E-state index in [2.05, 4.69) is 21.0 Å². The molecule has 3 aromatic heterocycles. The van der Waals surface area contributed by atoms with Crippen LogP contribution < -0.4 is 0 Å². The SMILES string of the molecule is O=C1c2c(-c3cncnc3)ccnc2CN1CCc1ccc2ccccc2n1. The number of hydrogen-bond acceptors (Lipinski definition) is 5. The number of para-hydroxylation sites is 1. The van der Waals surface area contributed by atoms with E-state index in [9.17, 15) is 4.79 Å². The maximum absolute atomic E-state index is 13.0. The highest BCUT2D eigenvalue weighted by Crippen LogP contribution is 2.30. The van der Waals surface area contributed by atoms with Crippen molar-refractivity contribution in [2.75, 3.05) is 6.54 Å². The molecule has 6 heteroatoms. The van der Waals surface area contributed by atoms with Gasteiger partial charge in [0.25, 0.3) is 5.91 Å². The number of fused-ring (bicyclic) bond motifs is 2. The van der Waals surface area contributed by atoms with Gasteiger partial charge in [0.15, 0.2) is 0 Å². The van der Waals surface area contributed by atoms with Crippen molar-refractivity contribution in [2.45, 2.75) is 13.0 Å². The molecule has 1 aliphatic rings. The number of aromatic nitrogens is 4. The van der Waals surface area contributed by atoms with Crippen LogP contribution in [0.1, 0.15) is 21.7 Å². The molecule has 0 spiro atoms. The summed E-state index contributed by atoms with van der Waals surface area (Å²) in [5, 5.41) is 1.12. The third-order valence-corrected chi connectivity index (χ3v) is 5.04. The zero-order chi connectivity index (χ0) is 18.9. The number of carbonyl (C=O) groups is 1. The predicted octanol–water partition coefficient (Wildman–Crippen LogP) is 3.29. The molecule has 0 N–H and O–H groups in total. The predicted molar refractivity (Wildman–Crippen MR) is 105 cm³/mol. The standard InChI is InChI=1S/C22H17N5O/c28-22-21-18(16-11-23-14-24-12-16)7-9-25-20(21)13-27(22)10-8-17-6-5-15-3-1-2-4-19(15)26-17/h1-7,9,11-12,14H,8,10,13H2. The van der Waals surface area contributed by atoms with Gasteiger partial charge < -0.3 is 4.90 Å². The molecule has 0 radical (unpaired) electrons. The summed E-state index contributed by atoms with van der Waals surface area (Å²) in [7, 11) is 0. The molecule has 5 rings (SSSR count). The van der Waals surface area contributed by atoms with Crippen LogP contribution in [0.15, 0.2) is 67.4 Å². The van der Waals surface area contributed by atoms with Crippen molar-refractivity contribution in [2.24, 2.45) is 0 Å². The largest absolute Gasteiger partial charge is 0.332 e.